The van der Waals surface area contributed by atoms with Crippen molar-refractivity contribution in [2.24, 2.45) is 51.2 Å². The van der Waals surface area contributed by atoms with E-state index in [0.29, 0.717) is 48.1 Å². The van der Waals surface area contributed by atoms with E-state index >= 15 is 0 Å². The molecule has 9 unspecified atom stereocenters. The number of carbonyl (C=O) groups excluding carboxylic acids is 1. The van der Waals surface area contributed by atoms with Gasteiger partial charge in [0, 0.05) is 37.6 Å². The molecule has 1 aromatic rings. The minimum atomic E-state index is -2.89. The predicted molar refractivity (Wildman–Crippen MR) is 195 cm³/mol. The number of nitrogens with zero attached hydrogens (tertiary/aromatic N) is 1. The van der Waals surface area contributed by atoms with Crippen molar-refractivity contribution in [2.45, 2.75) is 105 Å². The van der Waals surface area contributed by atoms with Crippen LogP contribution in [0.4, 0.5) is 0 Å². The number of sulfone groups is 1. The number of carboxylic acids is 1. The standard InChI is InChI=1S/C41H60N2O5S/c1-27(44)30-13-18-41(42-21-22-43-23-25-49(47,48)26-24-43)20-19-39(5)32(35(30)41)11-12-34-38(4)16-14-31(28-7-9-29(10-8-28)36(45)46)37(2,3)33(38)15-17-40(34,39)6/h7-10,14,30,32-35,42H,11-13,15-26H2,1-6H3,(H,45,46). The average molecular weight is 693 g/mol. The molecule has 270 valence electrons. The van der Waals surface area contributed by atoms with Gasteiger partial charge in [-0.2, -0.15) is 0 Å². The second-order valence-electron chi connectivity index (χ2n) is 18.5. The lowest BCUT2D eigenvalue weighted by molar-refractivity contribution is -0.220. The Hall–Kier alpha value is -2.03. The fourth-order valence-corrected chi connectivity index (χ4v) is 15.0. The first-order valence-electron chi connectivity index (χ1n) is 19.2. The summed E-state index contributed by atoms with van der Waals surface area (Å²) in [5.74, 6) is 2.16. The monoisotopic (exact) mass is 692 g/mol. The maximum Gasteiger partial charge on any atom is 0.335 e. The van der Waals surface area contributed by atoms with Crippen molar-refractivity contribution < 1.29 is 23.1 Å². The van der Waals surface area contributed by atoms with Gasteiger partial charge in [-0.25, -0.2) is 13.2 Å². The van der Waals surface area contributed by atoms with Crippen LogP contribution in [0, 0.1) is 51.2 Å². The molecular formula is C41H60N2O5S. The summed E-state index contributed by atoms with van der Waals surface area (Å²) in [4.78, 5) is 27.2. The number of fused-ring (bicyclic) bond motifs is 7. The Kier molecular flexibility index (Phi) is 8.67. The highest BCUT2D eigenvalue weighted by molar-refractivity contribution is 7.91. The van der Waals surface area contributed by atoms with E-state index in [2.05, 4.69) is 50.9 Å². The molecule has 2 N–H and O–H groups in total. The maximum atomic E-state index is 13.3. The highest BCUT2D eigenvalue weighted by Crippen LogP contribution is 2.76. The van der Waals surface area contributed by atoms with Crippen LogP contribution in [0.5, 0.6) is 0 Å². The van der Waals surface area contributed by atoms with Crippen LogP contribution in [0.15, 0.2) is 30.3 Å². The van der Waals surface area contributed by atoms with Crippen molar-refractivity contribution in [3.05, 3.63) is 41.5 Å². The minimum absolute atomic E-state index is 0.00661. The fraction of sp³-hybridized carbons (Fsp3) is 0.756. The molecule has 8 heteroatoms. The van der Waals surface area contributed by atoms with Crippen LogP contribution < -0.4 is 5.32 Å². The Balaban J connectivity index is 1.15. The summed E-state index contributed by atoms with van der Waals surface area (Å²) in [7, 11) is -2.89. The largest absolute Gasteiger partial charge is 0.478 e. The van der Waals surface area contributed by atoms with Gasteiger partial charge in [0.15, 0.2) is 9.84 Å². The van der Waals surface area contributed by atoms with E-state index in [-0.39, 0.29) is 44.6 Å². The zero-order valence-corrected chi connectivity index (χ0v) is 31.6. The maximum absolute atomic E-state index is 13.3. The van der Waals surface area contributed by atoms with Gasteiger partial charge in [-0.3, -0.25) is 4.79 Å². The molecule has 7 rings (SSSR count). The van der Waals surface area contributed by atoms with E-state index in [0.717, 1.165) is 44.3 Å². The molecule has 6 aliphatic rings. The van der Waals surface area contributed by atoms with Crippen molar-refractivity contribution in [2.75, 3.05) is 37.7 Å². The first-order chi connectivity index (χ1) is 23.0. The van der Waals surface area contributed by atoms with E-state index in [1.54, 1.807) is 12.1 Å². The number of allylic oxidation sites excluding steroid dienone is 2. The molecule has 5 aliphatic carbocycles. The summed E-state index contributed by atoms with van der Waals surface area (Å²) in [5, 5.41) is 13.6. The van der Waals surface area contributed by atoms with E-state index in [1.165, 1.54) is 37.7 Å². The lowest BCUT2D eigenvalue weighted by Gasteiger charge is -2.72. The molecular weight excluding hydrogens is 633 g/mol. The van der Waals surface area contributed by atoms with E-state index in [1.807, 2.05) is 19.1 Å². The molecule has 49 heavy (non-hydrogen) atoms. The third-order valence-electron chi connectivity index (χ3n) is 16.3. The summed E-state index contributed by atoms with van der Waals surface area (Å²) in [6, 6.07) is 7.51. The van der Waals surface area contributed by atoms with Crippen LogP contribution in [0.1, 0.15) is 115 Å². The molecule has 0 aromatic heterocycles. The first-order valence-corrected chi connectivity index (χ1v) is 21.0. The van der Waals surface area contributed by atoms with Crippen molar-refractivity contribution in [1.82, 2.24) is 10.2 Å². The molecule has 0 radical (unpaired) electrons. The van der Waals surface area contributed by atoms with Crippen LogP contribution >= 0.6 is 0 Å². The van der Waals surface area contributed by atoms with Crippen LogP contribution in [0.2, 0.25) is 0 Å². The predicted octanol–water partition coefficient (Wildman–Crippen LogP) is 7.12. The third-order valence-corrected chi connectivity index (χ3v) is 17.9. The molecule has 1 heterocycles. The summed E-state index contributed by atoms with van der Waals surface area (Å²) >= 11 is 0. The SMILES string of the molecule is CC(=O)C1CCC2(NCCN3CCS(=O)(=O)CC3)CCC3(C)C(CCC4C5(C)CC=C(c6ccc(C(=O)O)cc6)C(C)(C)C5CCC43C)C12. The van der Waals surface area contributed by atoms with Gasteiger partial charge in [-0.15, -0.1) is 0 Å². The molecule has 4 saturated carbocycles. The number of hydrogen-bond donors (Lipinski definition) is 2. The van der Waals surface area contributed by atoms with Crippen molar-refractivity contribution in [1.29, 1.82) is 0 Å². The van der Waals surface area contributed by atoms with Crippen LogP contribution in [0.3, 0.4) is 0 Å². The number of ketones is 1. The van der Waals surface area contributed by atoms with Crippen LogP contribution in [-0.4, -0.2) is 73.4 Å². The van der Waals surface area contributed by atoms with Gasteiger partial charge in [0.1, 0.15) is 5.78 Å². The molecule has 0 spiro atoms. The first kappa shape index (κ1) is 35.4. The summed E-state index contributed by atoms with van der Waals surface area (Å²) < 4.78 is 24.0. The van der Waals surface area contributed by atoms with Gasteiger partial charge in [0.2, 0.25) is 0 Å². The zero-order valence-electron chi connectivity index (χ0n) is 30.8. The lowest BCUT2D eigenvalue weighted by atomic mass is 9.33. The second-order valence-corrected chi connectivity index (χ2v) is 20.8. The number of rotatable bonds is 7. The van der Waals surface area contributed by atoms with Gasteiger partial charge in [0.05, 0.1) is 17.1 Å². The Morgan fingerprint density at radius 3 is 2.22 bits per heavy atom. The number of benzene rings is 1. The highest BCUT2D eigenvalue weighted by atomic mass is 32.2. The molecule has 1 aromatic carbocycles. The number of Topliss-reactive ketones (excluding diaryl/α,β-unsaturated/α-hetero) is 1. The van der Waals surface area contributed by atoms with Gasteiger partial charge >= 0.3 is 5.97 Å². The van der Waals surface area contributed by atoms with Crippen LogP contribution in [-0.2, 0) is 14.6 Å². The lowest BCUT2D eigenvalue weighted by Crippen LogP contribution is -2.68. The number of hydrogen-bond acceptors (Lipinski definition) is 6. The van der Waals surface area contributed by atoms with E-state index in [9.17, 15) is 23.1 Å². The van der Waals surface area contributed by atoms with Crippen LogP contribution in [0.25, 0.3) is 5.57 Å². The van der Waals surface area contributed by atoms with E-state index in [4.69, 9.17) is 0 Å². The molecule has 5 fully saturated rings. The molecule has 0 bridgehead atoms. The summed E-state index contributed by atoms with van der Waals surface area (Å²) in [6.45, 7) is 17.5. The topological polar surface area (TPSA) is 104 Å². The third kappa shape index (κ3) is 5.43. The number of aromatic carboxylic acids is 1. The highest BCUT2D eigenvalue weighted by Gasteiger charge is 2.70. The normalized spacial score (nSPS) is 42.6. The molecule has 1 aliphatic heterocycles. The van der Waals surface area contributed by atoms with Crippen molar-refractivity contribution in [3.8, 4) is 0 Å². The molecule has 1 saturated heterocycles. The second kappa shape index (κ2) is 12.0. The quantitative estimate of drug-likeness (QED) is 0.314. The Labute approximate surface area is 295 Å². The minimum Gasteiger partial charge on any atom is -0.478 e. The average Bonchev–Trinajstić information content (AvgIpc) is 3.42. The number of nitrogens with one attached hydrogen (secondary N) is 1. The number of carboxylic acid groups (broad SMARTS) is 1. The molecule has 7 nitrogen and oxygen atoms in total. The smallest absolute Gasteiger partial charge is 0.335 e. The summed E-state index contributed by atoms with van der Waals surface area (Å²) in [5.41, 5.74) is 3.37. The Morgan fingerprint density at radius 2 is 1.57 bits per heavy atom. The zero-order chi connectivity index (χ0) is 35.2. The van der Waals surface area contributed by atoms with Gasteiger partial charge < -0.3 is 15.3 Å². The Bertz CT molecular complexity index is 1620. The van der Waals surface area contributed by atoms with Gasteiger partial charge in [-0.1, -0.05) is 52.8 Å². The van der Waals surface area contributed by atoms with E-state index < -0.39 is 15.8 Å². The van der Waals surface area contributed by atoms with Crippen molar-refractivity contribution >= 4 is 27.2 Å². The summed E-state index contributed by atoms with van der Waals surface area (Å²) in [6.07, 6.45) is 12.7. The molecule has 9 atom stereocenters. The number of carbonyl (C=O) groups is 2. The van der Waals surface area contributed by atoms with Gasteiger partial charge in [-0.05, 0) is 133 Å². The van der Waals surface area contributed by atoms with Crippen molar-refractivity contribution in [3.63, 3.8) is 0 Å². The van der Waals surface area contributed by atoms with Gasteiger partial charge in [0.25, 0.3) is 0 Å². The molecule has 0 amide bonds. The Morgan fingerprint density at radius 1 is 0.878 bits per heavy atom. The fourth-order valence-electron chi connectivity index (χ4n) is 13.7.